The SMILES string of the molecule is CC1CCCN(C(=O)[C@H](N)C(C)C)C1. The van der Waals surface area contributed by atoms with E-state index in [1.165, 1.54) is 6.42 Å². The number of likely N-dealkylation sites (tertiary alicyclic amines) is 1. The number of hydrogen-bond donors (Lipinski definition) is 1. The fourth-order valence-electron chi connectivity index (χ4n) is 1.89. The molecule has 3 heteroatoms. The zero-order valence-electron chi connectivity index (χ0n) is 9.49. The van der Waals surface area contributed by atoms with Crippen LogP contribution in [0.5, 0.6) is 0 Å². The standard InChI is InChI=1S/C11H22N2O/c1-8(2)10(12)11(14)13-6-4-5-9(3)7-13/h8-10H,4-7,12H2,1-3H3/t9?,10-/m1/s1. The molecule has 1 unspecified atom stereocenters. The van der Waals surface area contributed by atoms with Gasteiger partial charge < -0.3 is 10.6 Å². The van der Waals surface area contributed by atoms with E-state index in [2.05, 4.69) is 6.92 Å². The Morgan fingerprint density at radius 2 is 2.14 bits per heavy atom. The molecule has 1 aliphatic rings. The van der Waals surface area contributed by atoms with Gasteiger partial charge in [0, 0.05) is 13.1 Å². The van der Waals surface area contributed by atoms with Gasteiger partial charge in [0.25, 0.3) is 0 Å². The van der Waals surface area contributed by atoms with Crippen molar-refractivity contribution in [3.05, 3.63) is 0 Å². The van der Waals surface area contributed by atoms with Gasteiger partial charge in [-0.25, -0.2) is 0 Å². The normalized spacial score (nSPS) is 25.2. The number of piperidine rings is 1. The van der Waals surface area contributed by atoms with Crippen LogP contribution in [0.15, 0.2) is 0 Å². The zero-order chi connectivity index (χ0) is 10.7. The Labute approximate surface area is 86.6 Å². The molecular formula is C11H22N2O. The molecule has 0 aromatic rings. The summed E-state index contributed by atoms with van der Waals surface area (Å²) in [6.45, 7) is 7.97. The lowest BCUT2D eigenvalue weighted by Crippen LogP contribution is -2.49. The van der Waals surface area contributed by atoms with E-state index in [-0.39, 0.29) is 17.9 Å². The molecule has 1 heterocycles. The molecule has 0 saturated carbocycles. The van der Waals surface area contributed by atoms with Crippen LogP contribution < -0.4 is 5.73 Å². The maximum atomic E-state index is 11.9. The quantitative estimate of drug-likeness (QED) is 0.725. The van der Waals surface area contributed by atoms with E-state index < -0.39 is 0 Å². The lowest BCUT2D eigenvalue weighted by Gasteiger charge is -2.33. The van der Waals surface area contributed by atoms with Crippen LogP contribution in [0.3, 0.4) is 0 Å². The fraction of sp³-hybridized carbons (Fsp3) is 0.909. The molecule has 1 amide bonds. The second kappa shape index (κ2) is 4.78. The van der Waals surface area contributed by atoms with E-state index in [4.69, 9.17) is 5.73 Å². The summed E-state index contributed by atoms with van der Waals surface area (Å²) in [7, 11) is 0. The number of amides is 1. The van der Waals surface area contributed by atoms with Crippen molar-refractivity contribution in [1.29, 1.82) is 0 Å². The van der Waals surface area contributed by atoms with Gasteiger partial charge in [0.15, 0.2) is 0 Å². The van der Waals surface area contributed by atoms with Gasteiger partial charge in [-0.05, 0) is 24.7 Å². The van der Waals surface area contributed by atoms with Crippen LogP contribution >= 0.6 is 0 Å². The molecule has 0 aromatic carbocycles. The van der Waals surface area contributed by atoms with Crippen molar-refractivity contribution >= 4 is 5.91 Å². The van der Waals surface area contributed by atoms with Crippen LogP contribution in [0.2, 0.25) is 0 Å². The topological polar surface area (TPSA) is 46.3 Å². The predicted molar refractivity (Wildman–Crippen MR) is 57.8 cm³/mol. The number of carbonyl (C=O) groups is 1. The van der Waals surface area contributed by atoms with Crippen LogP contribution in [-0.2, 0) is 4.79 Å². The summed E-state index contributed by atoms with van der Waals surface area (Å²) in [4.78, 5) is 13.8. The first-order valence-corrected chi connectivity index (χ1v) is 5.56. The molecule has 14 heavy (non-hydrogen) atoms. The predicted octanol–water partition coefficient (Wildman–Crippen LogP) is 1.23. The smallest absolute Gasteiger partial charge is 0.239 e. The second-order valence-corrected chi connectivity index (χ2v) is 4.80. The van der Waals surface area contributed by atoms with E-state index in [1.807, 2.05) is 18.7 Å². The minimum absolute atomic E-state index is 0.131. The molecule has 1 saturated heterocycles. The van der Waals surface area contributed by atoms with Gasteiger partial charge in [0.2, 0.25) is 5.91 Å². The number of carbonyl (C=O) groups excluding carboxylic acids is 1. The van der Waals surface area contributed by atoms with E-state index in [1.54, 1.807) is 0 Å². The first-order valence-electron chi connectivity index (χ1n) is 5.56. The highest BCUT2D eigenvalue weighted by Gasteiger charge is 2.26. The minimum atomic E-state index is -0.319. The van der Waals surface area contributed by atoms with E-state index in [0.29, 0.717) is 5.92 Å². The van der Waals surface area contributed by atoms with Crippen LogP contribution in [0.1, 0.15) is 33.6 Å². The van der Waals surface area contributed by atoms with Gasteiger partial charge in [-0.2, -0.15) is 0 Å². The fourth-order valence-corrected chi connectivity index (χ4v) is 1.89. The molecule has 0 bridgehead atoms. The summed E-state index contributed by atoms with van der Waals surface area (Å²) in [5, 5.41) is 0. The molecule has 0 aromatic heterocycles. The highest BCUT2D eigenvalue weighted by molar-refractivity contribution is 5.82. The molecular weight excluding hydrogens is 176 g/mol. The largest absolute Gasteiger partial charge is 0.341 e. The highest BCUT2D eigenvalue weighted by Crippen LogP contribution is 2.17. The Morgan fingerprint density at radius 3 is 2.64 bits per heavy atom. The average molecular weight is 198 g/mol. The third-order valence-corrected chi connectivity index (χ3v) is 2.97. The number of nitrogens with zero attached hydrogens (tertiary/aromatic N) is 1. The molecule has 0 radical (unpaired) electrons. The van der Waals surface area contributed by atoms with Crippen molar-refractivity contribution in [3.63, 3.8) is 0 Å². The summed E-state index contributed by atoms with van der Waals surface area (Å²) in [6, 6.07) is -0.319. The third-order valence-electron chi connectivity index (χ3n) is 2.97. The van der Waals surface area contributed by atoms with Crippen molar-refractivity contribution in [3.8, 4) is 0 Å². The van der Waals surface area contributed by atoms with Crippen LogP contribution in [0.4, 0.5) is 0 Å². The number of hydrogen-bond acceptors (Lipinski definition) is 2. The molecule has 1 rings (SSSR count). The minimum Gasteiger partial charge on any atom is -0.341 e. The van der Waals surface area contributed by atoms with Gasteiger partial charge in [-0.15, -0.1) is 0 Å². The Balaban J connectivity index is 2.51. The molecule has 1 aliphatic heterocycles. The lowest BCUT2D eigenvalue weighted by molar-refractivity contribution is -0.135. The zero-order valence-corrected chi connectivity index (χ0v) is 9.49. The van der Waals surface area contributed by atoms with Crippen molar-refractivity contribution in [1.82, 2.24) is 4.90 Å². The summed E-state index contributed by atoms with van der Waals surface area (Å²) in [6.07, 6.45) is 2.36. The van der Waals surface area contributed by atoms with Gasteiger partial charge >= 0.3 is 0 Å². The second-order valence-electron chi connectivity index (χ2n) is 4.80. The maximum absolute atomic E-state index is 11.9. The van der Waals surface area contributed by atoms with Crippen LogP contribution in [-0.4, -0.2) is 29.9 Å². The van der Waals surface area contributed by atoms with E-state index >= 15 is 0 Å². The van der Waals surface area contributed by atoms with Gasteiger partial charge in [0.1, 0.15) is 0 Å². The van der Waals surface area contributed by atoms with Crippen LogP contribution in [0.25, 0.3) is 0 Å². The summed E-state index contributed by atoms with van der Waals surface area (Å²) in [5.74, 6) is 0.998. The van der Waals surface area contributed by atoms with Crippen LogP contribution in [0, 0.1) is 11.8 Å². The first-order chi connectivity index (χ1) is 6.52. The lowest BCUT2D eigenvalue weighted by atomic mass is 9.97. The summed E-state index contributed by atoms with van der Waals surface area (Å²) in [5.41, 5.74) is 5.85. The molecule has 0 spiro atoms. The summed E-state index contributed by atoms with van der Waals surface area (Å²) < 4.78 is 0. The molecule has 1 fully saturated rings. The molecule has 0 aliphatic carbocycles. The van der Waals surface area contributed by atoms with Crippen molar-refractivity contribution in [2.45, 2.75) is 39.7 Å². The first kappa shape index (κ1) is 11.5. The number of rotatable bonds is 2. The Kier molecular flexibility index (Phi) is 3.93. The van der Waals surface area contributed by atoms with Gasteiger partial charge in [0.05, 0.1) is 6.04 Å². The van der Waals surface area contributed by atoms with Crippen molar-refractivity contribution in [2.24, 2.45) is 17.6 Å². The molecule has 82 valence electrons. The van der Waals surface area contributed by atoms with Crippen molar-refractivity contribution in [2.75, 3.05) is 13.1 Å². The Hall–Kier alpha value is -0.570. The van der Waals surface area contributed by atoms with Gasteiger partial charge in [-0.3, -0.25) is 4.79 Å². The number of nitrogens with two attached hydrogens (primary N) is 1. The maximum Gasteiger partial charge on any atom is 0.239 e. The monoisotopic (exact) mass is 198 g/mol. The summed E-state index contributed by atoms with van der Waals surface area (Å²) >= 11 is 0. The highest BCUT2D eigenvalue weighted by atomic mass is 16.2. The molecule has 2 atom stereocenters. The Morgan fingerprint density at radius 1 is 1.50 bits per heavy atom. The third kappa shape index (κ3) is 2.71. The molecule has 2 N–H and O–H groups in total. The molecule has 3 nitrogen and oxygen atoms in total. The van der Waals surface area contributed by atoms with Gasteiger partial charge in [-0.1, -0.05) is 20.8 Å². The average Bonchev–Trinajstić information content (AvgIpc) is 2.15. The Bertz CT molecular complexity index is 203. The van der Waals surface area contributed by atoms with E-state index in [9.17, 15) is 4.79 Å². The van der Waals surface area contributed by atoms with Crippen molar-refractivity contribution < 1.29 is 4.79 Å². The van der Waals surface area contributed by atoms with E-state index in [0.717, 1.165) is 19.5 Å².